The van der Waals surface area contributed by atoms with Gasteiger partial charge < -0.3 is 5.32 Å². The van der Waals surface area contributed by atoms with Crippen LogP contribution in [0.5, 0.6) is 0 Å². The van der Waals surface area contributed by atoms with Gasteiger partial charge in [-0.15, -0.1) is 0 Å². The van der Waals surface area contributed by atoms with E-state index in [0.29, 0.717) is 11.4 Å². The van der Waals surface area contributed by atoms with Crippen molar-refractivity contribution in [3.63, 3.8) is 0 Å². The minimum Gasteiger partial charge on any atom is -0.370 e. The fourth-order valence-corrected chi connectivity index (χ4v) is 2.41. The zero-order chi connectivity index (χ0) is 14.8. The predicted octanol–water partition coefficient (Wildman–Crippen LogP) is 4.18. The molecule has 0 amide bonds. The third-order valence-corrected chi connectivity index (χ3v) is 3.36. The summed E-state index contributed by atoms with van der Waals surface area (Å²) in [5, 5.41) is 4.28. The lowest BCUT2D eigenvalue weighted by Crippen LogP contribution is -2.04. The van der Waals surface area contributed by atoms with Crippen molar-refractivity contribution in [2.45, 2.75) is 13.8 Å². The first kappa shape index (κ1) is 13.5. The Balaban J connectivity index is 2.26. The standard InChI is InChI=1S/C17H16FN3/c1-3-19-17-15-11(2)6-4-9-14(15)20-16(21-17)12-7-5-8-13(18)10-12/h4-10H,3H2,1-2H3,(H,19,20,21). The van der Waals surface area contributed by atoms with Gasteiger partial charge >= 0.3 is 0 Å². The first-order valence-electron chi connectivity index (χ1n) is 6.96. The Morgan fingerprint density at radius 2 is 1.90 bits per heavy atom. The first-order chi connectivity index (χ1) is 10.2. The van der Waals surface area contributed by atoms with Gasteiger partial charge in [0.2, 0.25) is 0 Å². The van der Waals surface area contributed by atoms with Gasteiger partial charge in [-0.25, -0.2) is 14.4 Å². The highest BCUT2D eigenvalue weighted by atomic mass is 19.1. The molecule has 0 aliphatic carbocycles. The van der Waals surface area contributed by atoms with Crippen molar-refractivity contribution in [1.29, 1.82) is 0 Å². The van der Waals surface area contributed by atoms with E-state index in [4.69, 9.17) is 0 Å². The monoisotopic (exact) mass is 281 g/mol. The van der Waals surface area contributed by atoms with E-state index >= 15 is 0 Å². The SMILES string of the molecule is CCNc1nc(-c2cccc(F)c2)nc2cccc(C)c12. The third-order valence-electron chi connectivity index (χ3n) is 3.36. The molecular formula is C17H16FN3. The van der Waals surface area contributed by atoms with Crippen molar-refractivity contribution in [3.8, 4) is 11.4 Å². The number of hydrogen-bond donors (Lipinski definition) is 1. The largest absolute Gasteiger partial charge is 0.370 e. The molecule has 21 heavy (non-hydrogen) atoms. The summed E-state index contributed by atoms with van der Waals surface area (Å²) in [7, 11) is 0. The van der Waals surface area contributed by atoms with Gasteiger partial charge in [-0.05, 0) is 37.6 Å². The topological polar surface area (TPSA) is 37.8 Å². The number of aromatic nitrogens is 2. The van der Waals surface area contributed by atoms with Crippen molar-refractivity contribution in [3.05, 3.63) is 53.8 Å². The Bertz CT molecular complexity index is 799. The Morgan fingerprint density at radius 3 is 2.67 bits per heavy atom. The molecule has 0 aliphatic rings. The summed E-state index contributed by atoms with van der Waals surface area (Å²) in [5.41, 5.74) is 2.66. The zero-order valence-corrected chi connectivity index (χ0v) is 12.0. The summed E-state index contributed by atoms with van der Waals surface area (Å²) in [5.74, 6) is 1.04. The van der Waals surface area contributed by atoms with Gasteiger partial charge in [-0.3, -0.25) is 0 Å². The molecule has 1 N–H and O–H groups in total. The van der Waals surface area contributed by atoms with Crippen molar-refractivity contribution < 1.29 is 4.39 Å². The number of nitrogens with zero attached hydrogens (tertiary/aromatic N) is 2. The van der Waals surface area contributed by atoms with E-state index in [-0.39, 0.29) is 5.82 Å². The molecule has 3 aromatic rings. The lowest BCUT2D eigenvalue weighted by molar-refractivity contribution is 0.628. The highest BCUT2D eigenvalue weighted by Crippen LogP contribution is 2.27. The fourth-order valence-electron chi connectivity index (χ4n) is 2.41. The first-order valence-corrected chi connectivity index (χ1v) is 6.96. The van der Waals surface area contributed by atoms with Gasteiger partial charge in [0.15, 0.2) is 5.82 Å². The molecule has 0 aliphatic heterocycles. The van der Waals surface area contributed by atoms with Crippen molar-refractivity contribution in [1.82, 2.24) is 9.97 Å². The summed E-state index contributed by atoms with van der Waals surface area (Å²) >= 11 is 0. The van der Waals surface area contributed by atoms with E-state index in [2.05, 4.69) is 15.3 Å². The van der Waals surface area contributed by atoms with Crippen LogP contribution in [0.25, 0.3) is 22.3 Å². The maximum atomic E-state index is 13.4. The minimum absolute atomic E-state index is 0.287. The van der Waals surface area contributed by atoms with Crippen LogP contribution in [-0.4, -0.2) is 16.5 Å². The van der Waals surface area contributed by atoms with Gasteiger partial charge in [0.1, 0.15) is 11.6 Å². The number of benzene rings is 2. The van der Waals surface area contributed by atoms with E-state index < -0.39 is 0 Å². The molecule has 1 heterocycles. The number of hydrogen-bond acceptors (Lipinski definition) is 3. The van der Waals surface area contributed by atoms with E-state index in [1.165, 1.54) is 12.1 Å². The van der Waals surface area contributed by atoms with Crippen LogP contribution in [-0.2, 0) is 0 Å². The summed E-state index contributed by atoms with van der Waals surface area (Å²) in [6.07, 6.45) is 0. The molecule has 0 unspecified atom stereocenters. The number of anilines is 1. The number of rotatable bonds is 3. The molecule has 3 rings (SSSR count). The van der Waals surface area contributed by atoms with Gasteiger partial charge in [-0.2, -0.15) is 0 Å². The molecule has 0 saturated carbocycles. The van der Waals surface area contributed by atoms with E-state index in [1.807, 2.05) is 38.1 Å². The molecule has 3 nitrogen and oxygen atoms in total. The van der Waals surface area contributed by atoms with E-state index in [9.17, 15) is 4.39 Å². The predicted molar refractivity (Wildman–Crippen MR) is 83.8 cm³/mol. The van der Waals surface area contributed by atoms with Crippen LogP contribution in [0.15, 0.2) is 42.5 Å². The van der Waals surface area contributed by atoms with Crippen molar-refractivity contribution in [2.75, 3.05) is 11.9 Å². The van der Waals surface area contributed by atoms with Gasteiger partial charge in [0, 0.05) is 17.5 Å². The molecule has 0 spiro atoms. The molecule has 2 aromatic carbocycles. The Labute approximate surface area is 122 Å². The van der Waals surface area contributed by atoms with E-state index in [0.717, 1.165) is 28.8 Å². The molecular weight excluding hydrogens is 265 g/mol. The molecule has 0 radical (unpaired) electrons. The second-order valence-electron chi connectivity index (χ2n) is 4.91. The third kappa shape index (κ3) is 2.57. The maximum absolute atomic E-state index is 13.4. The van der Waals surface area contributed by atoms with Crippen LogP contribution >= 0.6 is 0 Å². The smallest absolute Gasteiger partial charge is 0.162 e. The number of fused-ring (bicyclic) bond motifs is 1. The summed E-state index contributed by atoms with van der Waals surface area (Å²) < 4.78 is 13.4. The van der Waals surface area contributed by atoms with Gasteiger partial charge in [-0.1, -0.05) is 24.3 Å². The highest BCUT2D eigenvalue weighted by molar-refractivity contribution is 5.93. The highest BCUT2D eigenvalue weighted by Gasteiger charge is 2.11. The molecule has 1 aromatic heterocycles. The van der Waals surface area contributed by atoms with Crippen molar-refractivity contribution >= 4 is 16.7 Å². The fraction of sp³-hybridized carbons (Fsp3) is 0.176. The van der Waals surface area contributed by atoms with Crippen LogP contribution in [0.1, 0.15) is 12.5 Å². The molecule has 0 fully saturated rings. The second kappa shape index (κ2) is 5.48. The average molecular weight is 281 g/mol. The Morgan fingerprint density at radius 1 is 1.10 bits per heavy atom. The normalized spacial score (nSPS) is 10.8. The van der Waals surface area contributed by atoms with Gasteiger partial charge in [0.05, 0.1) is 5.52 Å². The second-order valence-corrected chi connectivity index (χ2v) is 4.91. The molecule has 4 heteroatoms. The lowest BCUT2D eigenvalue weighted by Gasteiger charge is -2.11. The summed E-state index contributed by atoms with van der Waals surface area (Å²) in [6, 6.07) is 12.3. The van der Waals surface area contributed by atoms with Crippen LogP contribution in [0, 0.1) is 12.7 Å². The molecule has 0 bridgehead atoms. The Kier molecular flexibility index (Phi) is 3.52. The van der Waals surface area contributed by atoms with Crippen molar-refractivity contribution in [2.24, 2.45) is 0 Å². The van der Waals surface area contributed by atoms with Crippen LogP contribution < -0.4 is 5.32 Å². The van der Waals surface area contributed by atoms with E-state index in [1.54, 1.807) is 6.07 Å². The summed E-state index contributed by atoms with van der Waals surface area (Å²) in [4.78, 5) is 9.15. The number of aryl methyl sites for hydroxylation is 1. The maximum Gasteiger partial charge on any atom is 0.162 e. The quantitative estimate of drug-likeness (QED) is 0.782. The molecule has 106 valence electrons. The zero-order valence-electron chi connectivity index (χ0n) is 12.0. The molecule has 0 atom stereocenters. The average Bonchev–Trinajstić information content (AvgIpc) is 2.47. The van der Waals surface area contributed by atoms with Crippen LogP contribution in [0.2, 0.25) is 0 Å². The van der Waals surface area contributed by atoms with Crippen LogP contribution in [0.3, 0.4) is 0 Å². The van der Waals surface area contributed by atoms with Crippen LogP contribution in [0.4, 0.5) is 10.2 Å². The van der Waals surface area contributed by atoms with Gasteiger partial charge in [0.25, 0.3) is 0 Å². The Hall–Kier alpha value is -2.49. The number of halogens is 1. The lowest BCUT2D eigenvalue weighted by atomic mass is 10.1. The minimum atomic E-state index is -0.287. The number of nitrogens with one attached hydrogen (secondary N) is 1. The molecule has 0 saturated heterocycles. The summed E-state index contributed by atoms with van der Waals surface area (Å²) in [6.45, 7) is 4.82.